The van der Waals surface area contributed by atoms with Crippen LogP contribution in [-0.2, 0) is 0 Å². The van der Waals surface area contributed by atoms with E-state index in [0.717, 1.165) is 0 Å². The van der Waals surface area contributed by atoms with Crippen molar-refractivity contribution in [1.82, 2.24) is 10.4 Å². The molecule has 0 aliphatic heterocycles. The maximum Gasteiger partial charge on any atom is 0.271 e. The summed E-state index contributed by atoms with van der Waals surface area (Å²) in [5.41, 5.74) is 3.28. The minimum atomic E-state index is -0.664. The Morgan fingerprint density at radius 3 is 2.67 bits per heavy atom. The maximum absolute atomic E-state index is 11.4. The second-order valence-corrected chi connectivity index (χ2v) is 3.11. The van der Waals surface area contributed by atoms with Gasteiger partial charge in [-0.25, -0.2) is 5.43 Å². The van der Waals surface area contributed by atoms with Crippen molar-refractivity contribution in [2.45, 2.75) is 20.0 Å². The fraction of sp³-hybridized carbons (Fsp3) is 0.300. The van der Waals surface area contributed by atoms with Gasteiger partial charge in [-0.1, -0.05) is 0 Å². The van der Waals surface area contributed by atoms with Gasteiger partial charge in [0.15, 0.2) is 0 Å². The molecule has 0 bridgehead atoms. The van der Waals surface area contributed by atoms with Gasteiger partial charge in [0.1, 0.15) is 0 Å². The Bertz CT molecular complexity index is 360. The number of aliphatic hydroxyl groups excluding tert-OH is 1. The molecule has 0 radical (unpaired) electrons. The van der Waals surface area contributed by atoms with Gasteiger partial charge in [-0.3, -0.25) is 9.78 Å². The van der Waals surface area contributed by atoms with Crippen LogP contribution < -0.4 is 5.43 Å². The van der Waals surface area contributed by atoms with E-state index in [1.54, 1.807) is 26.0 Å². The van der Waals surface area contributed by atoms with E-state index < -0.39 is 6.10 Å². The molecule has 1 aromatic heterocycles. The lowest BCUT2D eigenvalue weighted by Gasteiger charge is -2.03. The minimum Gasteiger partial charge on any atom is -0.387 e. The third-order valence-corrected chi connectivity index (χ3v) is 1.88. The van der Waals surface area contributed by atoms with Gasteiger partial charge in [-0.2, -0.15) is 5.10 Å². The molecule has 2 N–H and O–H groups in total. The van der Waals surface area contributed by atoms with Crippen molar-refractivity contribution in [3.05, 3.63) is 30.1 Å². The summed E-state index contributed by atoms with van der Waals surface area (Å²) in [7, 11) is 0. The standard InChI is InChI=1S/C10H13N3O2/c1-7(8(2)14)12-13-10(15)9-3-5-11-6-4-9/h3-6,8,14H,1-2H3,(H,13,15). The van der Waals surface area contributed by atoms with Crippen LogP contribution in [0.3, 0.4) is 0 Å². The highest BCUT2D eigenvalue weighted by Crippen LogP contribution is 1.95. The smallest absolute Gasteiger partial charge is 0.271 e. The number of aliphatic hydroxyl groups is 1. The normalized spacial score (nSPS) is 13.4. The van der Waals surface area contributed by atoms with Crippen LogP contribution in [0.5, 0.6) is 0 Å². The van der Waals surface area contributed by atoms with Gasteiger partial charge in [-0.05, 0) is 26.0 Å². The van der Waals surface area contributed by atoms with Gasteiger partial charge >= 0.3 is 0 Å². The molecule has 1 aromatic rings. The monoisotopic (exact) mass is 207 g/mol. The number of hydrogen-bond acceptors (Lipinski definition) is 4. The molecule has 1 atom stereocenters. The number of carbonyl (C=O) groups is 1. The summed E-state index contributed by atoms with van der Waals surface area (Å²) in [6, 6.07) is 3.17. The van der Waals surface area contributed by atoms with Crippen LogP contribution in [0.25, 0.3) is 0 Å². The molecule has 80 valence electrons. The van der Waals surface area contributed by atoms with Gasteiger partial charge in [-0.15, -0.1) is 0 Å². The fourth-order valence-corrected chi connectivity index (χ4v) is 0.800. The zero-order valence-electron chi connectivity index (χ0n) is 8.64. The molecule has 0 saturated carbocycles. The van der Waals surface area contributed by atoms with Crippen molar-refractivity contribution >= 4 is 11.6 Å². The highest BCUT2D eigenvalue weighted by Gasteiger charge is 2.04. The molecular formula is C10H13N3O2. The van der Waals surface area contributed by atoms with E-state index >= 15 is 0 Å². The number of hydrogen-bond donors (Lipinski definition) is 2. The molecule has 0 spiro atoms. The van der Waals surface area contributed by atoms with Crippen molar-refractivity contribution < 1.29 is 9.90 Å². The molecule has 15 heavy (non-hydrogen) atoms. The number of rotatable bonds is 3. The summed E-state index contributed by atoms with van der Waals surface area (Å²) in [5, 5.41) is 12.9. The lowest BCUT2D eigenvalue weighted by Crippen LogP contribution is -2.22. The Hall–Kier alpha value is -1.75. The number of amides is 1. The lowest BCUT2D eigenvalue weighted by atomic mass is 10.2. The second-order valence-electron chi connectivity index (χ2n) is 3.11. The summed E-state index contributed by atoms with van der Waals surface area (Å²) >= 11 is 0. The van der Waals surface area contributed by atoms with Crippen LogP contribution in [0, 0.1) is 0 Å². The highest BCUT2D eigenvalue weighted by molar-refractivity contribution is 5.95. The average molecular weight is 207 g/mol. The Morgan fingerprint density at radius 1 is 1.53 bits per heavy atom. The Labute approximate surface area is 87.8 Å². The third kappa shape index (κ3) is 3.47. The first-order chi connectivity index (χ1) is 7.11. The molecule has 0 aliphatic rings. The molecular weight excluding hydrogens is 194 g/mol. The number of hydrazone groups is 1. The topological polar surface area (TPSA) is 74.6 Å². The van der Waals surface area contributed by atoms with Crippen LogP contribution >= 0.6 is 0 Å². The van der Waals surface area contributed by atoms with Gasteiger partial charge < -0.3 is 5.11 Å². The number of nitrogens with one attached hydrogen (secondary N) is 1. The van der Waals surface area contributed by atoms with E-state index in [-0.39, 0.29) is 5.91 Å². The summed E-state index contributed by atoms with van der Waals surface area (Å²) in [5.74, 6) is -0.322. The first-order valence-electron chi connectivity index (χ1n) is 4.54. The Kier molecular flexibility index (Phi) is 3.93. The van der Waals surface area contributed by atoms with Crippen LogP contribution in [0.1, 0.15) is 24.2 Å². The molecule has 1 rings (SSSR count). The molecule has 0 aromatic carbocycles. The summed E-state index contributed by atoms with van der Waals surface area (Å²) in [6.45, 7) is 3.22. The fourth-order valence-electron chi connectivity index (χ4n) is 0.800. The van der Waals surface area contributed by atoms with Crippen LogP contribution in [0.2, 0.25) is 0 Å². The van der Waals surface area contributed by atoms with E-state index in [4.69, 9.17) is 5.11 Å². The first-order valence-corrected chi connectivity index (χ1v) is 4.54. The Morgan fingerprint density at radius 2 is 2.13 bits per heavy atom. The number of nitrogens with zero attached hydrogens (tertiary/aromatic N) is 2. The zero-order valence-corrected chi connectivity index (χ0v) is 8.64. The van der Waals surface area contributed by atoms with Crippen molar-refractivity contribution in [2.75, 3.05) is 0 Å². The molecule has 0 aliphatic carbocycles. The molecule has 1 heterocycles. The van der Waals surface area contributed by atoms with Crippen molar-refractivity contribution in [3.8, 4) is 0 Å². The third-order valence-electron chi connectivity index (χ3n) is 1.88. The molecule has 5 nitrogen and oxygen atoms in total. The number of carbonyl (C=O) groups excluding carboxylic acids is 1. The van der Waals surface area contributed by atoms with Crippen molar-refractivity contribution in [3.63, 3.8) is 0 Å². The number of pyridine rings is 1. The van der Waals surface area contributed by atoms with E-state index in [9.17, 15) is 4.79 Å². The van der Waals surface area contributed by atoms with Crippen molar-refractivity contribution in [2.24, 2.45) is 5.10 Å². The van der Waals surface area contributed by atoms with E-state index in [1.807, 2.05) is 0 Å². The van der Waals surface area contributed by atoms with Crippen LogP contribution in [0.15, 0.2) is 29.6 Å². The largest absolute Gasteiger partial charge is 0.387 e. The molecule has 1 unspecified atom stereocenters. The van der Waals surface area contributed by atoms with Crippen LogP contribution in [-0.4, -0.2) is 27.8 Å². The number of aromatic nitrogens is 1. The lowest BCUT2D eigenvalue weighted by molar-refractivity contribution is 0.0954. The van der Waals surface area contributed by atoms with E-state index in [2.05, 4.69) is 15.5 Å². The van der Waals surface area contributed by atoms with Gasteiger partial charge in [0.2, 0.25) is 0 Å². The Balaban J connectivity index is 2.62. The highest BCUT2D eigenvalue weighted by atomic mass is 16.3. The summed E-state index contributed by atoms with van der Waals surface area (Å²) in [6.07, 6.45) is 2.39. The van der Waals surface area contributed by atoms with Crippen molar-refractivity contribution in [1.29, 1.82) is 0 Å². The van der Waals surface area contributed by atoms with Gasteiger partial charge in [0.25, 0.3) is 5.91 Å². The van der Waals surface area contributed by atoms with E-state index in [0.29, 0.717) is 11.3 Å². The molecule has 5 heteroatoms. The zero-order chi connectivity index (χ0) is 11.3. The second kappa shape index (κ2) is 5.21. The molecule has 0 saturated heterocycles. The minimum absolute atomic E-state index is 0.322. The summed E-state index contributed by atoms with van der Waals surface area (Å²) in [4.78, 5) is 15.2. The predicted octanol–water partition coefficient (Wildman–Crippen LogP) is 0.568. The van der Waals surface area contributed by atoms with Crippen LogP contribution in [0.4, 0.5) is 0 Å². The first kappa shape index (κ1) is 11.3. The maximum atomic E-state index is 11.4. The predicted molar refractivity (Wildman–Crippen MR) is 56.5 cm³/mol. The molecule has 0 fully saturated rings. The van der Waals surface area contributed by atoms with Gasteiger partial charge in [0, 0.05) is 18.0 Å². The van der Waals surface area contributed by atoms with Gasteiger partial charge in [0.05, 0.1) is 11.8 Å². The quantitative estimate of drug-likeness (QED) is 0.562. The van der Waals surface area contributed by atoms with E-state index in [1.165, 1.54) is 12.4 Å². The molecule has 1 amide bonds. The SMILES string of the molecule is CC(=NNC(=O)c1ccncc1)C(C)O. The average Bonchev–Trinajstić information content (AvgIpc) is 2.26. The summed E-state index contributed by atoms with van der Waals surface area (Å²) < 4.78 is 0.